The van der Waals surface area contributed by atoms with Gasteiger partial charge in [-0.3, -0.25) is 5.10 Å². The zero-order valence-electron chi connectivity index (χ0n) is 9.41. The van der Waals surface area contributed by atoms with Crippen LogP contribution in [0, 0.1) is 6.92 Å². The minimum Gasteiger partial charge on any atom is -0.266 e. The van der Waals surface area contributed by atoms with Gasteiger partial charge in [-0.2, -0.15) is 9.40 Å². The molecule has 17 heavy (non-hydrogen) atoms. The molecule has 0 radical (unpaired) electrons. The third kappa shape index (κ3) is 2.54. The number of nitrogens with one attached hydrogen (secondary N) is 1. The molecule has 0 unspecified atom stereocenters. The van der Waals surface area contributed by atoms with Crippen LogP contribution < -0.4 is 0 Å². The first kappa shape index (κ1) is 12.2. The number of nitrogens with zero attached hydrogens (tertiary/aromatic N) is 3. The van der Waals surface area contributed by atoms with Crippen molar-refractivity contribution in [1.29, 1.82) is 0 Å². The summed E-state index contributed by atoms with van der Waals surface area (Å²) >= 11 is 1.49. The highest BCUT2D eigenvalue weighted by molar-refractivity contribution is 7.89. The number of aryl methyl sites for hydroxylation is 1. The van der Waals surface area contributed by atoms with Crippen LogP contribution in [0.25, 0.3) is 0 Å². The van der Waals surface area contributed by atoms with Crippen LogP contribution >= 0.6 is 11.3 Å². The highest BCUT2D eigenvalue weighted by Crippen LogP contribution is 2.17. The lowest BCUT2D eigenvalue weighted by Gasteiger charge is -2.14. The first-order valence-electron chi connectivity index (χ1n) is 4.87. The number of rotatable bonds is 4. The van der Waals surface area contributed by atoms with Crippen molar-refractivity contribution >= 4 is 21.4 Å². The lowest BCUT2D eigenvalue weighted by Crippen LogP contribution is -2.26. The maximum atomic E-state index is 12.0. The Kier molecular flexibility index (Phi) is 3.27. The number of hydrogen-bond acceptors (Lipinski definition) is 5. The van der Waals surface area contributed by atoms with Gasteiger partial charge in [0.15, 0.2) is 5.03 Å². The van der Waals surface area contributed by atoms with E-state index in [-0.39, 0.29) is 5.03 Å². The molecule has 2 heterocycles. The van der Waals surface area contributed by atoms with Crippen molar-refractivity contribution in [3.8, 4) is 0 Å². The molecule has 92 valence electrons. The van der Waals surface area contributed by atoms with Crippen LogP contribution in [0.3, 0.4) is 0 Å². The van der Waals surface area contributed by atoms with Crippen molar-refractivity contribution in [2.75, 3.05) is 7.05 Å². The van der Waals surface area contributed by atoms with Crippen molar-refractivity contribution in [1.82, 2.24) is 19.5 Å². The third-order valence-electron chi connectivity index (χ3n) is 2.21. The fourth-order valence-electron chi connectivity index (χ4n) is 1.34. The molecule has 0 amide bonds. The molecule has 0 saturated heterocycles. The molecular formula is C9H12N4O2S2. The summed E-state index contributed by atoms with van der Waals surface area (Å²) in [6.07, 6.45) is 3.11. The average Bonchev–Trinajstić information content (AvgIpc) is 2.89. The second-order valence-corrected chi connectivity index (χ2v) is 6.86. The Morgan fingerprint density at radius 3 is 2.82 bits per heavy atom. The summed E-state index contributed by atoms with van der Waals surface area (Å²) in [7, 11) is -1.96. The summed E-state index contributed by atoms with van der Waals surface area (Å²) in [5.74, 6) is 0. The molecule has 6 nitrogen and oxygen atoms in total. The van der Waals surface area contributed by atoms with Gasteiger partial charge in [0.2, 0.25) is 0 Å². The first-order chi connectivity index (χ1) is 8.00. The maximum absolute atomic E-state index is 12.0. The SMILES string of the molecule is Cc1ncc(CN(C)S(=O)(=O)c2ccn[nH]2)s1. The van der Waals surface area contributed by atoms with Crippen LogP contribution in [0.15, 0.2) is 23.5 Å². The first-order valence-corrected chi connectivity index (χ1v) is 7.13. The molecule has 8 heteroatoms. The normalized spacial score (nSPS) is 12.2. The highest BCUT2D eigenvalue weighted by atomic mass is 32.2. The van der Waals surface area contributed by atoms with Crippen LogP contribution in [0.4, 0.5) is 0 Å². The number of H-pyrrole nitrogens is 1. The number of aromatic nitrogens is 3. The molecule has 2 rings (SSSR count). The second-order valence-electron chi connectivity index (χ2n) is 3.53. The third-order valence-corrected chi connectivity index (χ3v) is 4.84. The van der Waals surface area contributed by atoms with Crippen LogP contribution in [0.2, 0.25) is 0 Å². The van der Waals surface area contributed by atoms with E-state index in [9.17, 15) is 8.42 Å². The number of hydrogen-bond donors (Lipinski definition) is 1. The Morgan fingerprint density at radius 1 is 1.53 bits per heavy atom. The predicted molar refractivity (Wildman–Crippen MR) is 64.1 cm³/mol. The summed E-state index contributed by atoms with van der Waals surface area (Å²) in [6.45, 7) is 2.20. The molecule has 0 fully saturated rings. The predicted octanol–water partition coefficient (Wildman–Crippen LogP) is 0.995. The molecule has 2 aromatic heterocycles. The summed E-state index contributed by atoms with van der Waals surface area (Å²) in [6, 6.07) is 1.43. The van der Waals surface area contributed by atoms with Crippen molar-refractivity contribution in [2.24, 2.45) is 0 Å². The molecule has 0 spiro atoms. The fraction of sp³-hybridized carbons (Fsp3) is 0.333. The Hall–Kier alpha value is -1.25. The van der Waals surface area contributed by atoms with E-state index >= 15 is 0 Å². The molecule has 0 atom stereocenters. The molecule has 2 aromatic rings. The number of aromatic amines is 1. The van der Waals surface area contributed by atoms with Crippen LogP contribution in [-0.4, -0.2) is 35.0 Å². The highest BCUT2D eigenvalue weighted by Gasteiger charge is 2.22. The van der Waals surface area contributed by atoms with E-state index < -0.39 is 10.0 Å². The number of thiazole rings is 1. The van der Waals surface area contributed by atoms with E-state index in [1.54, 1.807) is 6.20 Å². The average molecular weight is 272 g/mol. The second kappa shape index (κ2) is 4.55. The minimum atomic E-state index is -3.49. The largest absolute Gasteiger partial charge is 0.266 e. The van der Waals surface area contributed by atoms with Crippen molar-refractivity contribution in [3.05, 3.63) is 28.3 Å². The van der Waals surface area contributed by atoms with Gasteiger partial charge in [-0.25, -0.2) is 13.4 Å². The Morgan fingerprint density at radius 2 is 2.29 bits per heavy atom. The molecule has 0 saturated carbocycles. The minimum absolute atomic E-state index is 0.0984. The lowest BCUT2D eigenvalue weighted by atomic mass is 10.5. The molecular weight excluding hydrogens is 260 g/mol. The van der Waals surface area contributed by atoms with E-state index in [4.69, 9.17) is 0 Å². The van der Waals surface area contributed by atoms with Gasteiger partial charge in [-0.05, 0) is 13.0 Å². The van der Waals surface area contributed by atoms with Gasteiger partial charge < -0.3 is 0 Å². The zero-order valence-corrected chi connectivity index (χ0v) is 11.0. The van der Waals surface area contributed by atoms with E-state index in [0.717, 1.165) is 9.88 Å². The van der Waals surface area contributed by atoms with E-state index in [0.29, 0.717) is 6.54 Å². The van der Waals surface area contributed by atoms with Crippen LogP contribution in [0.5, 0.6) is 0 Å². The Balaban J connectivity index is 2.18. The van der Waals surface area contributed by atoms with Crippen LogP contribution in [-0.2, 0) is 16.6 Å². The summed E-state index contributed by atoms with van der Waals surface area (Å²) in [5, 5.41) is 7.12. The molecule has 0 aliphatic rings. The summed E-state index contributed by atoms with van der Waals surface area (Å²) < 4.78 is 25.4. The topological polar surface area (TPSA) is 79.0 Å². The standard InChI is InChI=1S/C9H12N4O2S2/c1-7-10-5-8(16-7)6-13(2)17(14,15)9-3-4-11-12-9/h3-5H,6H2,1-2H3,(H,11,12). The van der Waals surface area contributed by atoms with Gasteiger partial charge in [-0.15, -0.1) is 11.3 Å². The zero-order chi connectivity index (χ0) is 12.5. The van der Waals surface area contributed by atoms with Gasteiger partial charge in [0, 0.05) is 24.7 Å². The molecule has 0 aliphatic heterocycles. The maximum Gasteiger partial charge on any atom is 0.260 e. The van der Waals surface area contributed by atoms with Gasteiger partial charge in [0.25, 0.3) is 10.0 Å². The van der Waals surface area contributed by atoms with Crippen LogP contribution in [0.1, 0.15) is 9.88 Å². The van der Waals surface area contributed by atoms with Gasteiger partial charge in [0.1, 0.15) is 0 Å². The monoisotopic (exact) mass is 272 g/mol. The fourth-order valence-corrected chi connectivity index (χ4v) is 3.31. The molecule has 0 bridgehead atoms. The molecule has 0 aliphatic carbocycles. The summed E-state index contributed by atoms with van der Waals surface area (Å²) in [5.41, 5.74) is 0. The van der Waals surface area contributed by atoms with Gasteiger partial charge in [-0.1, -0.05) is 0 Å². The smallest absolute Gasteiger partial charge is 0.260 e. The molecule has 0 aromatic carbocycles. The quantitative estimate of drug-likeness (QED) is 0.900. The van der Waals surface area contributed by atoms with Crippen molar-refractivity contribution in [3.63, 3.8) is 0 Å². The molecule has 1 N–H and O–H groups in total. The van der Waals surface area contributed by atoms with Gasteiger partial charge in [0.05, 0.1) is 11.2 Å². The number of sulfonamides is 1. The van der Waals surface area contributed by atoms with E-state index in [2.05, 4.69) is 15.2 Å². The van der Waals surface area contributed by atoms with E-state index in [1.165, 1.54) is 35.0 Å². The van der Waals surface area contributed by atoms with Crippen molar-refractivity contribution in [2.45, 2.75) is 18.5 Å². The Labute approximate surface area is 103 Å². The van der Waals surface area contributed by atoms with E-state index in [1.807, 2.05) is 6.92 Å². The van der Waals surface area contributed by atoms with Gasteiger partial charge >= 0.3 is 0 Å². The summed E-state index contributed by atoms with van der Waals surface area (Å²) in [4.78, 5) is 5.00. The van der Waals surface area contributed by atoms with Crippen molar-refractivity contribution < 1.29 is 8.42 Å². The Bertz CT molecular complexity index is 588. The lowest BCUT2D eigenvalue weighted by molar-refractivity contribution is 0.466.